The van der Waals surface area contributed by atoms with Gasteiger partial charge in [0.15, 0.2) is 0 Å². The van der Waals surface area contributed by atoms with Crippen LogP contribution in [0.25, 0.3) is 0 Å². The summed E-state index contributed by atoms with van der Waals surface area (Å²) >= 11 is 0. The zero-order valence-corrected chi connectivity index (χ0v) is 18.3. The lowest BCUT2D eigenvalue weighted by Crippen LogP contribution is -2.31. The number of hydrogen-bond donors (Lipinski definition) is 0. The van der Waals surface area contributed by atoms with Gasteiger partial charge < -0.3 is 9.47 Å². The molecule has 1 saturated heterocycles. The van der Waals surface area contributed by atoms with Gasteiger partial charge in [-0.05, 0) is 61.8 Å². The van der Waals surface area contributed by atoms with Crippen molar-refractivity contribution in [3.63, 3.8) is 0 Å². The number of hydrogen-bond acceptors (Lipinski definition) is 3. The van der Waals surface area contributed by atoms with Crippen LogP contribution >= 0.6 is 0 Å². The minimum atomic E-state index is -0.388. The van der Waals surface area contributed by atoms with E-state index in [0.29, 0.717) is 5.56 Å². The summed E-state index contributed by atoms with van der Waals surface area (Å²) in [6.45, 7) is 2.32. The van der Waals surface area contributed by atoms with Gasteiger partial charge in [-0.15, -0.1) is 0 Å². The van der Waals surface area contributed by atoms with E-state index in [9.17, 15) is 4.79 Å². The molecule has 0 amide bonds. The maximum Gasteiger partial charge on any atom is 0.338 e. The number of methoxy groups -OCH3 is 1. The standard InChI is InChI=1S/C23H36O3Si/c1-3-4-15-27-16-13-19(14-17-27)18-5-11-22(12-6-18)26-23(24)20-7-9-21(25-2)10-8-20/h7-10,18-19,22,27H,3-6,11-17H2,1-2H3/t18-,19?,22-,27?. The molecule has 1 aliphatic heterocycles. The van der Waals surface area contributed by atoms with Gasteiger partial charge in [-0.1, -0.05) is 50.7 Å². The summed E-state index contributed by atoms with van der Waals surface area (Å²) < 4.78 is 10.9. The molecule has 0 atom stereocenters. The van der Waals surface area contributed by atoms with Gasteiger partial charge in [-0.25, -0.2) is 4.79 Å². The van der Waals surface area contributed by atoms with Gasteiger partial charge in [0.1, 0.15) is 11.9 Å². The normalized spacial score (nSPS) is 28.5. The predicted molar refractivity (Wildman–Crippen MR) is 113 cm³/mol. The van der Waals surface area contributed by atoms with Crippen molar-refractivity contribution in [2.75, 3.05) is 7.11 Å². The third-order valence-corrected chi connectivity index (χ3v) is 10.4. The maximum absolute atomic E-state index is 12.4. The molecule has 0 spiro atoms. The first-order valence-corrected chi connectivity index (χ1v) is 13.5. The number of unbranched alkanes of at least 4 members (excludes halogenated alkanes) is 1. The molecule has 4 heteroatoms. The molecule has 1 aromatic carbocycles. The number of carbonyl (C=O) groups excluding carboxylic acids is 1. The van der Waals surface area contributed by atoms with E-state index in [1.54, 1.807) is 37.4 Å². The van der Waals surface area contributed by atoms with Crippen LogP contribution in [0.2, 0.25) is 18.1 Å². The predicted octanol–water partition coefficient (Wildman–Crippen LogP) is 5.85. The number of benzene rings is 1. The summed E-state index contributed by atoms with van der Waals surface area (Å²) in [5.74, 6) is 2.40. The first kappa shape index (κ1) is 20.4. The van der Waals surface area contributed by atoms with Crippen LogP contribution in [0.3, 0.4) is 0 Å². The molecule has 1 aromatic rings. The van der Waals surface area contributed by atoms with E-state index in [1.807, 2.05) is 12.1 Å². The minimum absolute atomic E-state index is 0.103. The minimum Gasteiger partial charge on any atom is -0.497 e. The van der Waals surface area contributed by atoms with Gasteiger partial charge in [-0.2, -0.15) is 0 Å². The summed E-state index contributed by atoms with van der Waals surface area (Å²) in [6.07, 6.45) is 10.5. The second-order valence-corrected chi connectivity index (χ2v) is 12.1. The fourth-order valence-electron chi connectivity index (χ4n) is 5.07. The van der Waals surface area contributed by atoms with Gasteiger partial charge in [0.05, 0.1) is 12.7 Å². The van der Waals surface area contributed by atoms with Crippen LogP contribution < -0.4 is 4.74 Å². The molecule has 1 aliphatic carbocycles. The first-order valence-electron chi connectivity index (χ1n) is 11.0. The SMILES string of the molecule is CCCC[SiH]1CCC([C@H]2CC[C@H](OC(=O)c3ccc(OC)cc3)CC2)CC1. The molecule has 0 aromatic heterocycles. The molecular weight excluding hydrogens is 352 g/mol. The Morgan fingerprint density at radius 3 is 2.22 bits per heavy atom. The van der Waals surface area contributed by atoms with E-state index in [-0.39, 0.29) is 20.9 Å². The fraction of sp³-hybridized carbons (Fsp3) is 0.696. The van der Waals surface area contributed by atoms with Crippen molar-refractivity contribution in [2.45, 2.75) is 82.5 Å². The van der Waals surface area contributed by atoms with Crippen molar-refractivity contribution in [2.24, 2.45) is 11.8 Å². The van der Waals surface area contributed by atoms with Gasteiger partial charge in [0.2, 0.25) is 0 Å². The van der Waals surface area contributed by atoms with Crippen LogP contribution in [0.15, 0.2) is 24.3 Å². The third kappa shape index (κ3) is 5.84. The Morgan fingerprint density at radius 1 is 1.00 bits per heavy atom. The lowest BCUT2D eigenvalue weighted by Gasteiger charge is -2.37. The van der Waals surface area contributed by atoms with E-state index < -0.39 is 0 Å². The molecule has 2 fully saturated rings. The smallest absolute Gasteiger partial charge is 0.338 e. The highest BCUT2D eigenvalue weighted by atomic mass is 28.3. The van der Waals surface area contributed by atoms with E-state index >= 15 is 0 Å². The second-order valence-electron chi connectivity index (χ2n) is 8.59. The average Bonchev–Trinajstić information content (AvgIpc) is 2.73. The Balaban J connectivity index is 1.39. The average molecular weight is 389 g/mol. The molecule has 2 aliphatic rings. The molecule has 150 valence electrons. The summed E-state index contributed by atoms with van der Waals surface area (Å²) in [5, 5.41) is 0. The lowest BCUT2D eigenvalue weighted by atomic mass is 9.76. The number of carbonyl (C=O) groups is 1. The third-order valence-electron chi connectivity index (χ3n) is 6.84. The Hall–Kier alpha value is -1.29. The van der Waals surface area contributed by atoms with Crippen LogP contribution in [0, 0.1) is 11.8 Å². The van der Waals surface area contributed by atoms with Gasteiger partial charge >= 0.3 is 5.97 Å². The Morgan fingerprint density at radius 2 is 1.63 bits per heavy atom. The van der Waals surface area contributed by atoms with Gasteiger partial charge in [-0.3, -0.25) is 0 Å². The Bertz CT molecular complexity index is 570. The number of esters is 1. The summed E-state index contributed by atoms with van der Waals surface area (Å²) in [5.41, 5.74) is 0.619. The molecule has 1 heterocycles. The molecule has 0 N–H and O–H groups in total. The van der Waals surface area contributed by atoms with Crippen molar-refractivity contribution in [3.05, 3.63) is 29.8 Å². The zero-order chi connectivity index (χ0) is 19.1. The monoisotopic (exact) mass is 388 g/mol. The second kappa shape index (κ2) is 10.3. The summed E-state index contributed by atoms with van der Waals surface area (Å²) in [7, 11) is 1.24. The topological polar surface area (TPSA) is 35.5 Å². The van der Waals surface area contributed by atoms with E-state index in [0.717, 1.165) is 30.4 Å². The molecule has 0 radical (unpaired) electrons. The van der Waals surface area contributed by atoms with Crippen LogP contribution in [-0.2, 0) is 4.74 Å². The number of ether oxygens (including phenoxy) is 2. The highest BCUT2D eigenvalue weighted by Crippen LogP contribution is 2.40. The van der Waals surface area contributed by atoms with Crippen LogP contribution in [0.1, 0.15) is 68.6 Å². The lowest BCUT2D eigenvalue weighted by molar-refractivity contribution is 0.0127. The molecule has 3 nitrogen and oxygen atoms in total. The van der Waals surface area contributed by atoms with Crippen molar-refractivity contribution in [1.29, 1.82) is 0 Å². The summed E-state index contributed by atoms with van der Waals surface area (Å²) in [4.78, 5) is 12.4. The molecule has 0 bridgehead atoms. The van der Waals surface area contributed by atoms with E-state index in [2.05, 4.69) is 6.92 Å². The Kier molecular flexibility index (Phi) is 7.80. The van der Waals surface area contributed by atoms with Crippen molar-refractivity contribution in [1.82, 2.24) is 0 Å². The molecular formula is C23H36O3Si. The number of rotatable bonds is 7. The van der Waals surface area contributed by atoms with Crippen LogP contribution in [-0.4, -0.2) is 28.0 Å². The molecule has 0 unspecified atom stereocenters. The Labute approximate surface area is 166 Å². The maximum atomic E-state index is 12.4. The molecule has 1 saturated carbocycles. The molecule has 27 heavy (non-hydrogen) atoms. The van der Waals surface area contributed by atoms with Crippen molar-refractivity contribution < 1.29 is 14.3 Å². The van der Waals surface area contributed by atoms with Crippen molar-refractivity contribution in [3.8, 4) is 5.75 Å². The summed E-state index contributed by atoms with van der Waals surface area (Å²) in [6, 6.07) is 11.9. The largest absolute Gasteiger partial charge is 0.497 e. The zero-order valence-electron chi connectivity index (χ0n) is 17.1. The van der Waals surface area contributed by atoms with Crippen LogP contribution in [0.4, 0.5) is 0 Å². The first-order chi connectivity index (χ1) is 13.2. The fourth-order valence-corrected chi connectivity index (χ4v) is 8.72. The highest BCUT2D eigenvalue weighted by Gasteiger charge is 2.32. The molecule has 3 rings (SSSR count). The highest BCUT2D eigenvalue weighted by molar-refractivity contribution is 6.58. The van der Waals surface area contributed by atoms with Crippen molar-refractivity contribution >= 4 is 14.8 Å². The van der Waals surface area contributed by atoms with E-state index in [4.69, 9.17) is 9.47 Å². The quantitative estimate of drug-likeness (QED) is 0.434. The van der Waals surface area contributed by atoms with Gasteiger partial charge in [0, 0.05) is 8.80 Å². The van der Waals surface area contributed by atoms with Gasteiger partial charge in [0.25, 0.3) is 0 Å². The van der Waals surface area contributed by atoms with Crippen LogP contribution in [0.5, 0.6) is 5.75 Å². The van der Waals surface area contributed by atoms with E-state index in [1.165, 1.54) is 38.5 Å².